The molecule has 23 heavy (non-hydrogen) atoms. The van der Waals surface area contributed by atoms with Gasteiger partial charge in [0, 0.05) is 58.1 Å². The topological polar surface area (TPSA) is 22.6 Å². The minimum Gasteiger partial charge on any atom is -0.354 e. The Bertz CT molecular complexity index is 602. The molecular weight excluding hydrogens is 284 g/mol. The van der Waals surface area contributed by atoms with Gasteiger partial charge in [0.05, 0.1) is 0 Å². The molecule has 3 heterocycles. The van der Waals surface area contributed by atoms with E-state index in [4.69, 9.17) is 0 Å². The third-order valence-electron chi connectivity index (χ3n) is 4.99. The number of hydrogen-bond donors (Lipinski definition) is 0. The van der Waals surface area contributed by atoms with Gasteiger partial charge in [0.1, 0.15) is 5.82 Å². The molecule has 0 N–H and O–H groups in total. The lowest BCUT2D eigenvalue weighted by Gasteiger charge is -2.48. The van der Waals surface area contributed by atoms with Crippen molar-refractivity contribution < 1.29 is 0 Å². The van der Waals surface area contributed by atoms with Crippen molar-refractivity contribution in [3.63, 3.8) is 0 Å². The molecule has 0 aliphatic carbocycles. The normalized spacial score (nSPS) is 20.4. The first-order chi connectivity index (χ1) is 11.4. The van der Waals surface area contributed by atoms with Crippen LogP contribution >= 0.6 is 0 Å². The molecule has 4 heteroatoms. The molecule has 0 saturated carbocycles. The number of rotatable bonds is 4. The van der Waals surface area contributed by atoms with Gasteiger partial charge in [-0.1, -0.05) is 36.4 Å². The molecule has 2 aliphatic heterocycles. The molecule has 0 bridgehead atoms. The van der Waals surface area contributed by atoms with E-state index >= 15 is 0 Å². The van der Waals surface area contributed by atoms with E-state index in [0.29, 0.717) is 0 Å². The number of likely N-dealkylation sites (tertiary alicyclic amines) is 1. The van der Waals surface area contributed by atoms with Crippen molar-refractivity contribution >= 4 is 5.82 Å². The van der Waals surface area contributed by atoms with Crippen molar-refractivity contribution in [1.82, 2.24) is 14.8 Å². The smallest absolute Gasteiger partial charge is 0.128 e. The number of piperazine rings is 1. The molecule has 4 nitrogen and oxygen atoms in total. The van der Waals surface area contributed by atoms with Crippen LogP contribution in [-0.2, 0) is 6.54 Å². The standard InChI is InChI=1S/C19H24N4/c1-2-6-17(7-3-1)14-21-15-18(16-21)22-10-12-23(13-11-22)19-8-4-5-9-20-19/h1-9,18H,10-16H2. The lowest BCUT2D eigenvalue weighted by atomic mass is 10.0. The van der Waals surface area contributed by atoms with Gasteiger partial charge in [-0.2, -0.15) is 0 Å². The van der Waals surface area contributed by atoms with E-state index in [2.05, 4.69) is 62.1 Å². The maximum Gasteiger partial charge on any atom is 0.128 e. The highest BCUT2D eigenvalue weighted by Gasteiger charge is 2.33. The molecule has 4 rings (SSSR count). The second-order valence-electron chi connectivity index (χ2n) is 6.54. The fourth-order valence-corrected chi connectivity index (χ4v) is 3.60. The van der Waals surface area contributed by atoms with Crippen LogP contribution < -0.4 is 4.90 Å². The predicted molar refractivity (Wildman–Crippen MR) is 93.5 cm³/mol. The van der Waals surface area contributed by atoms with Crippen LogP contribution in [0.3, 0.4) is 0 Å². The molecule has 2 saturated heterocycles. The summed E-state index contributed by atoms with van der Waals surface area (Å²) >= 11 is 0. The van der Waals surface area contributed by atoms with Crippen molar-refractivity contribution in [2.24, 2.45) is 0 Å². The van der Waals surface area contributed by atoms with E-state index in [9.17, 15) is 0 Å². The fourth-order valence-electron chi connectivity index (χ4n) is 3.60. The Labute approximate surface area is 138 Å². The third kappa shape index (κ3) is 3.38. The van der Waals surface area contributed by atoms with Crippen molar-refractivity contribution in [2.45, 2.75) is 12.6 Å². The molecule has 0 atom stereocenters. The van der Waals surface area contributed by atoms with Gasteiger partial charge in [-0.05, 0) is 17.7 Å². The highest BCUT2D eigenvalue weighted by atomic mass is 15.4. The van der Waals surface area contributed by atoms with E-state index in [0.717, 1.165) is 44.6 Å². The lowest BCUT2D eigenvalue weighted by molar-refractivity contribution is 0.0255. The van der Waals surface area contributed by atoms with Gasteiger partial charge in [-0.15, -0.1) is 0 Å². The summed E-state index contributed by atoms with van der Waals surface area (Å²) in [6.07, 6.45) is 1.88. The van der Waals surface area contributed by atoms with Crippen molar-refractivity contribution in [2.75, 3.05) is 44.2 Å². The molecule has 120 valence electrons. The fraction of sp³-hybridized carbons (Fsp3) is 0.421. The van der Waals surface area contributed by atoms with Gasteiger partial charge in [0.2, 0.25) is 0 Å². The summed E-state index contributed by atoms with van der Waals surface area (Å²) in [7, 11) is 0. The van der Waals surface area contributed by atoms with E-state index in [1.807, 2.05) is 12.3 Å². The summed E-state index contributed by atoms with van der Waals surface area (Å²) in [4.78, 5) is 12.1. The maximum absolute atomic E-state index is 4.46. The van der Waals surface area contributed by atoms with E-state index in [1.165, 1.54) is 18.7 Å². The van der Waals surface area contributed by atoms with Crippen molar-refractivity contribution in [3.8, 4) is 0 Å². The summed E-state index contributed by atoms with van der Waals surface area (Å²) in [5, 5.41) is 0. The van der Waals surface area contributed by atoms with Crippen molar-refractivity contribution in [3.05, 3.63) is 60.3 Å². The van der Waals surface area contributed by atoms with Crippen LogP contribution in [0.15, 0.2) is 54.7 Å². The quantitative estimate of drug-likeness (QED) is 0.862. The zero-order valence-corrected chi connectivity index (χ0v) is 13.5. The summed E-state index contributed by atoms with van der Waals surface area (Å²) in [6, 6.07) is 17.7. The highest BCUT2D eigenvalue weighted by molar-refractivity contribution is 5.38. The van der Waals surface area contributed by atoms with Crippen LogP contribution in [0.1, 0.15) is 5.56 Å². The van der Waals surface area contributed by atoms with Crippen molar-refractivity contribution in [1.29, 1.82) is 0 Å². The van der Waals surface area contributed by atoms with Gasteiger partial charge >= 0.3 is 0 Å². The van der Waals surface area contributed by atoms with Crippen LogP contribution in [0.5, 0.6) is 0 Å². The first-order valence-corrected chi connectivity index (χ1v) is 8.55. The second-order valence-corrected chi connectivity index (χ2v) is 6.54. The average Bonchev–Trinajstić information content (AvgIpc) is 2.60. The van der Waals surface area contributed by atoms with Gasteiger partial charge in [0.15, 0.2) is 0 Å². The van der Waals surface area contributed by atoms with Gasteiger partial charge in [-0.3, -0.25) is 9.80 Å². The monoisotopic (exact) mass is 308 g/mol. The Morgan fingerprint density at radius 2 is 1.61 bits per heavy atom. The Morgan fingerprint density at radius 3 is 2.30 bits per heavy atom. The Hall–Kier alpha value is -1.91. The van der Waals surface area contributed by atoms with Gasteiger partial charge in [-0.25, -0.2) is 4.98 Å². The number of pyridine rings is 1. The minimum absolute atomic E-state index is 0.740. The molecule has 0 unspecified atom stereocenters. The van der Waals surface area contributed by atoms with Gasteiger partial charge in [0.25, 0.3) is 0 Å². The molecule has 2 aliphatic rings. The molecule has 0 amide bonds. The summed E-state index contributed by atoms with van der Waals surface area (Å²) in [6.45, 7) is 7.99. The van der Waals surface area contributed by atoms with E-state index in [-0.39, 0.29) is 0 Å². The first-order valence-electron chi connectivity index (χ1n) is 8.55. The zero-order valence-electron chi connectivity index (χ0n) is 13.5. The summed E-state index contributed by atoms with van der Waals surface area (Å²) < 4.78 is 0. The first kappa shape index (κ1) is 14.7. The molecule has 0 radical (unpaired) electrons. The SMILES string of the molecule is c1ccc(CN2CC(N3CCN(c4ccccn4)CC3)C2)cc1. The van der Waals surface area contributed by atoms with E-state index in [1.54, 1.807) is 0 Å². The predicted octanol–water partition coefficient (Wildman–Crippen LogP) is 2.09. The van der Waals surface area contributed by atoms with Crippen LogP contribution in [0.2, 0.25) is 0 Å². The minimum atomic E-state index is 0.740. The van der Waals surface area contributed by atoms with Crippen LogP contribution in [0.4, 0.5) is 5.82 Å². The van der Waals surface area contributed by atoms with Crippen LogP contribution in [0, 0.1) is 0 Å². The lowest BCUT2D eigenvalue weighted by Crippen LogP contribution is -2.62. The Kier molecular flexibility index (Phi) is 4.26. The number of anilines is 1. The molecule has 2 fully saturated rings. The Balaban J connectivity index is 1.23. The number of nitrogens with zero attached hydrogens (tertiary/aromatic N) is 4. The Morgan fingerprint density at radius 1 is 0.870 bits per heavy atom. The molecule has 1 aromatic carbocycles. The summed E-state index contributed by atoms with van der Waals surface area (Å²) in [5.41, 5.74) is 1.42. The van der Waals surface area contributed by atoms with Crippen LogP contribution in [-0.4, -0.2) is 60.1 Å². The number of benzene rings is 1. The molecule has 0 spiro atoms. The highest BCUT2D eigenvalue weighted by Crippen LogP contribution is 2.21. The molecule has 1 aromatic heterocycles. The van der Waals surface area contributed by atoms with Crippen LogP contribution in [0.25, 0.3) is 0 Å². The van der Waals surface area contributed by atoms with E-state index < -0.39 is 0 Å². The number of aromatic nitrogens is 1. The molecule has 2 aromatic rings. The maximum atomic E-state index is 4.46. The second kappa shape index (κ2) is 6.69. The van der Waals surface area contributed by atoms with Gasteiger partial charge < -0.3 is 4.90 Å². The third-order valence-corrected chi connectivity index (χ3v) is 4.99. The zero-order chi connectivity index (χ0) is 15.5. The summed E-state index contributed by atoms with van der Waals surface area (Å²) in [5.74, 6) is 1.12. The average molecular weight is 308 g/mol. The number of hydrogen-bond acceptors (Lipinski definition) is 4. The largest absolute Gasteiger partial charge is 0.354 e. The molecular formula is C19H24N4.